The molecular weight excluding hydrogens is 642 g/mol. The fourth-order valence-corrected chi connectivity index (χ4v) is 9.01. The van der Waals surface area contributed by atoms with E-state index in [2.05, 4.69) is 13.2 Å². The number of fused-ring (bicyclic) bond motifs is 1. The van der Waals surface area contributed by atoms with Gasteiger partial charge in [-0.3, -0.25) is 14.4 Å². The fourth-order valence-electron chi connectivity index (χ4n) is 9.01. The van der Waals surface area contributed by atoms with Crippen molar-refractivity contribution in [2.24, 2.45) is 17.8 Å². The lowest BCUT2D eigenvalue weighted by molar-refractivity contribution is -0.149. The second-order valence-electron chi connectivity index (χ2n) is 14.2. The lowest BCUT2D eigenvalue weighted by Gasteiger charge is -2.40. The Bertz CT molecular complexity index is 1790. The second-order valence-corrected chi connectivity index (χ2v) is 14.2. The Morgan fingerprint density at radius 3 is 2.20 bits per heavy atom. The highest BCUT2D eigenvalue weighted by Gasteiger charge is 2.80. The number of carbonyl (C=O) groups excluding carboxylic acids is 3. The topological polar surface area (TPSA) is 99.6 Å². The molecule has 3 aromatic carbocycles. The lowest BCUT2D eigenvalue weighted by atomic mass is 9.62. The summed E-state index contributed by atoms with van der Waals surface area (Å²) in [7, 11) is 0. The number of aliphatic hydroxyl groups excluding tert-OH is 1. The molecule has 1 spiro atoms. The van der Waals surface area contributed by atoms with E-state index >= 15 is 14.4 Å². The van der Waals surface area contributed by atoms with Crippen molar-refractivity contribution in [1.82, 2.24) is 4.90 Å². The van der Waals surface area contributed by atoms with Gasteiger partial charge in [-0.25, -0.2) is 0 Å². The predicted octanol–water partition coefficient (Wildman–Crippen LogP) is 6.18. The van der Waals surface area contributed by atoms with Gasteiger partial charge < -0.3 is 29.3 Å². The van der Waals surface area contributed by atoms with Crippen LogP contribution in [-0.4, -0.2) is 71.3 Å². The van der Waals surface area contributed by atoms with Gasteiger partial charge in [0.2, 0.25) is 11.8 Å². The molecule has 9 nitrogen and oxygen atoms in total. The first-order chi connectivity index (χ1) is 24.5. The summed E-state index contributed by atoms with van der Waals surface area (Å²) >= 11 is 0. The van der Waals surface area contributed by atoms with Crippen molar-refractivity contribution in [3.8, 4) is 5.75 Å². The van der Waals surface area contributed by atoms with Crippen LogP contribution in [0.4, 0.5) is 11.4 Å². The van der Waals surface area contributed by atoms with Crippen LogP contribution in [0.25, 0.3) is 0 Å². The van der Waals surface area contributed by atoms with E-state index in [-0.39, 0.29) is 36.7 Å². The number of amides is 3. The molecule has 0 aliphatic carbocycles. The molecule has 9 heteroatoms. The van der Waals surface area contributed by atoms with Crippen LogP contribution in [-0.2, 0) is 19.1 Å². The number of aryl methyl sites for hydroxylation is 2. The van der Waals surface area contributed by atoms with E-state index in [9.17, 15) is 5.11 Å². The maximum absolute atomic E-state index is 15.4. The van der Waals surface area contributed by atoms with Crippen molar-refractivity contribution in [2.75, 3.05) is 36.1 Å². The number of hydrogen-bond donors (Lipinski definition) is 1. The quantitative estimate of drug-likeness (QED) is 0.215. The summed E-state index contributed by atoms with van der Waals surface area (Å²) in [5.41, 5.74) is 1.48. The first-order valence-electron chi connectivity index (χ1n) is 17.8. The summed E-state index contributed by atoms with van der Waals surface area (Å²) in [5.74, 6) is -2.37. The predicted molar refractivity (Wildman–Crippen MR) is 199 cm³/mol. The molecular formula is C42H49N3O6. The van der Waals surface area contributed by atoms with Crippen LogP contribution in [0.15, 0.2) is 98.1 Å². The molecule has 0 radical (unpaired) electrons. The fraction of sp³-hybridized carbons (Fsp3) is 0.405. The average molecular weight is 692 g/mol. The number of ether oxygens (including phenoxy) is 2. The van der Waals surface area contributed by atoms with E-state index in [0.29, 0.717) is 30.0 Å². The third-order valence-electron chi connectivity index (χ3n) is 11.3. The molecule has 51 heavy (non-hydrogen) atoms. The first kappa shape index (κ1) is 36.1. The first-order valence-corrected chi connectivity index (χ1v) is 17.8. The van der Waals surface area contributed by atoms with Gasteiger partial charge in [-0.1, -0.05) is 67.6 Å². The van der Waals surface area contributed by atoms with Crippen molar-refractivity contribution >= 4 is 29.1 Å². The number of likely N-dealkylation sites (tertiary alicyclic amines) is 1. The molecule has 6 rings (SSSR count). The van der Waals surface area contributed by atoms with Crippen LogP contribution in [0.3, 0.4) is 0 Å². The van der Waals surface area contributed by atoms with E-state index in [1.54, 1.807) is 22.0 Å². The van der Waals surface area contributed by atoms with Gasteiger partial charge in [0.1, 0.15) is 17.4 Å². The van der Waals surface area contributed by atoms with Crippen LogP contribution < -0.4 is 14.5 Å². The molecule has 7 atom stereocenters. The number of anilines is 2. The molecule has 3 amide bonds. The van der Waals surface area contributed by atoms with Crippen LogP contribution in [0.5, 0.6) is 5.75 Å². The Morgan fingerprint density at radius 1 is 0.980 bits per heavy atom. The minimum Gasteiger partial charge on any atom is -0.494 e. The smallest absolute Gasteiger partial charge is 0.253 e. The molecule has 3 fully saturated rings. The van der Waals surface area contributed by atoms with Crippen molar-refractivity contribution in [2.45, 2.75) is 64.3 Å². The van der Waals surface area contributed by atoms with E-state index in [4.69, 9.17) is 9.47 Å². The second kappa shape index (κ2) is 14.1. The summed E-state index contributed by atoms with van der Waals surface area (Å²) in [6.07, 6.45) is 3.73. The number of para-hydroxylation sites is 1. The molecule has 3 aliphatic heterocycles. The monoisotopic (exact) mass is 691 g/mol. The van der Waals surface area contributed by atoms with Gasteiger partial charge in [0.05, 0.1) is 36.7 Å². The number of hydrogen-bond acceptors (Lipinski definition) is 6. The summed E-state index contributed by atoms with van der Waals surface area (Å²) < 4.78 is 12.8. The summed E-state index contributed by atoms with van der Waals surface area (Å²) in [6, 6.07) is 20.4. The van der Waals surface area contributed by atoms with Crippen LogP contribution in [0.2, 0.25) is 0 Å². The van der Waals surface area contributed by atoms with E-state index in [1.165, 1.54) is 4.90 Å². The Kier molecular flexibility index (Phi) is 9.99. The average Bonchev–Trinajstić information content (AvgIpc) is 3.64. The molecule has 3 unspecified atom stereocenters. The lowest BCUT2D eigenvalue weighted by Crippen LogP contribution is -2.58. The number of nitrogens with zero attached hydrogens (tertiary/aromatic N) is 3. The van der Waals surface area contributed by atoms with Crippen molar-refractivity contribution in [3.05, 3.63) is 115 Å². The summed E-state index contributed by atoms with van der Waals surface area (Å²) in [4.78, 5) is 50.5. The number of benzene rings is 3. The summed E-state index contributed by atoms with van der Waals surface area (Å²) in [5, 5.41) is 11.0. The zero-order chi connectivity index (χ0) is 36.7. The maximum atomic E-state index is 15.4. The molecule has 0 aromatic heterocycles. The number of aliphatic hydroxyl groups is 1. The van der Waals surface area contributed by atoms with Gasteiger partial charge in [0, 0.05) is 24.5 Å². The molecule has 1 N–H and O–H groups in total. The molecule has 3 aliphatic rings. The van der Waals surface area contributed by atoms with E-state index in [0.717, 1.165) is 16.8 Å². The highest BCUT2D eigenvalue weighted by molar-refractivity contribution is 6.07. The van der Waals surface area contributed by atoms with Crippen LogP contribution >= 0.6 is 0 Å². The normalized spacial score (nSPS) is 26.8. The Morgan fingerprint density at radius 2 is 1.61 bits per heavy atom. The maximum Gasteiger partial charge on any atom is 0.253 e. The molecule has 0 saturated carbocycles. The number of carbonyl (C=O) groups is 3. The largest absolute Gasteiger partial charge is 0.494 e. The van der Waals surface area contributed by atoms with E-state index in [1.807, 2.05) is 107 Å². The third kappa shape index (κ3) is 5.76. The van der Waals surface area contributed by atoms with Gasteiger partial charge in [-0.2, -0.15) is 0 Å². The Labute approximate surface area is 301 Å². The molecule has 3 heterocycles. The molecule has 3 saturated heterocycles. The molecule has 268 valence electrons. The molecule has 3 aromatic rings. The van der Waals surface area contributed by atoms with Gasteiger partial charge in [-0.05, 0) is 81.0 Å². The van der Waals surface area contributed by atoms with Gasteiger partial charge in [0.25, 0.3) is 5.91 Å². The Hall–Kier alpha value is -4.73. The van der Waals surface area contributed by atoms with Gasteiger partial charge in [0.15, 0.2) is 0 Å². The van der Waals surface area contributed by atoms with Crippen molar-refractivity contribution in [1.29, 1.82) is 0 Å². The van der Waals surface area contributed by atoms with Crippen molar-refractivity contribution in [3.63, 3.8) is 0 Å². The van der Waals surface area contributed by atoms with Gasteiger partial charge in [-0.15, -0.1) is 13.2 Å². The Balaban J connectivity index is 1.52. The SMILES string of the molecule is C=CCN(C(=O)[C@@H]1[C@H]2C(=O)N([C@H](CO)c3ccccc3)C(C(=O)N(CC=C)c3c(C)cccc3C)C23CC(C)[C@@]1(C)O3)c1ccc(OCC)cc1. The molecule has 2 bridgehead atoms. The third-order valence-corrected chi connectivity index (χ3v) is 11.3. The minimum atomic E-state index is -1.33. The van der Waals surface area contributed by atoms with Crippen molar-refractivity contribution < 1.29 is 29.0 Å². The zero-order valence-electron chi connectivity index (χ0n) is 30.2. The minimum absolute atomic E-state index is 0.172. The number of rotatable bonds is 13. The standard InChI is InChI=1S/C42H49N3O6/c1-8-23-43(31-19-21-32(22-20-31)50-10-3)38(47)34-35-39(48)45(33(26-46)30-17-12-11-13-18-30)37(42(35)25-29(6)41(34,7)51-42)40(49)44(24-9-2)36-27(4)15-14-16-28(36)5/h8-9,11-22,29,33-35,37,46H,1-2,10,23-26H2,3-7H3/t29?,33-,34+,35+,37?,41-,42?/m1/s1. The highest BCUT2D eigenvalue weighted by Crippen LogP contribution is 2.66. The zero-order valence-corrected chi connectivity index (χ0v) is 30.2. The highest BCUT2D eigenvalue weighted by atomic mass is 16.5. The van der Waals surface area contributed by atoms with Crippen LogP contribution in [0.1, 0.15) is 49.9 Å². The van der Waals surface area contributed by atoms with Gasteiger partial charge >= 0.3 is 0 Å². The summed E-state index contributed by atoms with van der Waals surface area (Å²) in [6.45, 7) is 18.1. The van der Waals surface area contributed by atoms with E-state index < -0.39 is 41.7 Å². The van der Waals surface area contributed by atoms with Crippen LogP contribution in [0, 0.1) is 31.6 Å².